The van der Waals surface area contributed by atoms with Crippen molar-refractivity contribution in [3.63, 3.8) is 0 Å². The zero-order chi connectivity index (χ0) is 24.8. The Bertz CT molecular complexity index is 1450. The summed E-state index contributed by atoms with van der Waals surface area (Å²) in [7, 11) is 3.08. The summed E-state index contributed by atoms with van der Waals surface area (Å²) in [4.78, 5) is 30.4. The lowest BCUT2D eigenvalue weighted by atomic mass is 10.2. The van der Waals surface area contributed by atoms with Gasteiger partial charge >= 0.3 is 0 Å². The summed E-state index contributed by atoms with van der Waals surface area (Å²) in [6, 6.07) is 19.8. The summed E-state index contributed by atoms with van der Waals surface area (Å²) >= 11 is 4.57. The molecule has 10 heteroatoms. The maximum Gasteiger partial charge on any atom is 0.266 e. The number of thioether (sulfide) groups is 1. The minimum absolute atomic E-state index is 0.00783. The number of rotatable bonds is 8. The highest BCUT2D eigenvalue weighted by Gasteiger charge is 2.15. The van der Waals surface area contributed by atoms with Crippen LogP contribution in [0.15, 0.2) is 86.3 Å². The summed E-state index contributed by atoms with van der Waals surface area (Å²) in [6.07, 6.45) is 1.48. The highest BCUT2D eigenvalue weighted by molar-refractivity contribution is 9.10. The van der Waals surface area contributed by atoms with Gasteiger partial charge in [0.15, 0.2) is 16.7 Å². The Morgan fingerprint density at radius 1 is 1.09 bits per heavy atom. The van der Waals surface area contributed by atoms with Crippen molar-refractivity contribution >= 4 is 50.7 Å². The third-order valence-electron chi connectivity index (χ3n) is 4.99. The fourth-order valence-corrected chi connectivity index (χ4v) is 4.45. The molecule has 1 N–H and O–H groups in total. The topological polar surface area (TPSA) is 94.8 Å². The van der Waals surface area contributed by atoms with Gasteiger partial charge in [0.1, 0.15) is 0 Å². The van der Waals surface area contributed by atoms with Gasteiger partial charge < -0.3 is 9.47 Å². The fraction of sp³-hybridized carbons (Fsp3) is 0.120. The number of para-hydroxylation sites is 2. The number of halogens is 1. The number of nitrogens with zero attached hydrogens (tertiary/aromatic N) is 3. The molecular weight excluding hydrogens is 532 g/mol. The van der Waals surface area contributed by atoms with Gasteiger partial charge in [-0.3, -0.25) is 14.2 Å². The van der Waals surface area contributed by atoms with Crippen LogP contribution in [0.25, 0.3) is 16.6 Å². The molecule has 3 aromatic carbocycles. The molecule has 0 bridgehead atoms. The number of hydrogen-bond donors (Lipinski definition) is 1. The van der Waals surface area contributed by atoms with Gasteiger partial charge in [-0.05, 0) is 48.5 Å². The van der Waals surface area contributed by atoms with E-state index < -0.39 is 0 Å². The van der Waals surface area contributed by atoms with E-state index in [1.807, 2.05) is 30.3 Å². The van der Waals surface area contributed by atoms with E-state index in [1.165, 1.54) is 17.9 Å². The minimum Gasteiger partial charge on any atom is -0.493 e. The third-order valence-corrected chi connectivity index (χ3v) is 6.46. The molecule has 4 aromatic rings. The Morgan fingerprint density at radius 2 is 1.86 bits per heavy atom. The molecule has 0 aliphatic carbocycles. The highest BCUT2D eigenvalue weighted by atomic mass is 79.9. The molecule has 0 aliphatic heterocycles. The third kappa shape index (κ3) is 5.55. The fourth-order valence-electron chi connectivity index (χ4n) is 3.38. The zero-order valence-corrected chi connectivity index (χ0v) is 21.3. The first-order chi connectivity index (χ1) is 17.0. The van der Waals surface area contributed by atoms with Crippen LogP contribution in [0, 0.1) is 0 Å². The zero-order valence-electron chi connectivity index (χ0n) is 18.9. The van der Waals surface area contributed by atoms with Crippen molar-refractivity contribution in [2.24, 2.45) is 5.10 Å². The highest BCUT2D eigenvalue weighted by Crippen LogP contribution is 2.29. The van der Waals surface area contributed by atoms with E-state index in [0.29, 0.717) is 38.8 Å². The molecule has 1 aromatic heterocycles. The summed E-state index contributed by atoms with van der Waals surface area (Å²) in [5.41, 5.74) is 4.17. The van der Waals surface area contributed by atoms with Gasteiger partial charge in [0.2, 0.25) is 0 Å². The van der Waals surface area contributed by atoms with Gasteiger partial charge in [-0.25, -0.2) is 10.4 Å². The van der Waals surface area contributed by atoms with Gasteiger partial charge in [0, 0.05) is 10.0 Å². The van der Waals surface area contributed by atoms with Crippen LogP contribution in [0.3, 0.4) is 0 Å². The standard InChI is InChI=1S/C25H21BrN4O4S/c1-33-21-9-5-6-16(23(21)34-2)14-27-29-22(31)15-35-25-28-20-8-4-3-7-19(20)24(32)30(25)18-12-10-17(26)11-13-18/h3-14H,15H2,1-2H3,(H,29,31)/b27-14-. The number of fused-ring (bicyclic) bond motifs is 1. The van der Waals surface area contributed by atoms with Gasteiger partial charge in [-0.15, -0.1) is 0 Å². The molecule has 0 radical (unpaired) electrons. The number of methoxy groups -OCH3 is 2. The first-order valence-corrected chi connectivity index (χ1v) is 12.2. The predicted molar refractivity (Wildman–Crippen MR) is 141 cm³/mol. The molecule has 0 fully saturated rings. The van der Waals surface area contributed by atoms with Crippen molar-refractivity contribution in [2.75, 3.05) is 20.0 Å². The number of ether oxygens (including phenoxy) is 2. The molecule has 0 saturated heterocycles. The van der Waals surface area contributed by atoms with Crippen molar-refractivity contribution in [1.82, 2.24) is 15.0 Å². The molecule has 1 heterocycles. The molecular formula is C25H21BrN4O4S. The van der Waals surface area contributed by atoms with E-state index in [9.17, 15) is 9.59 Å². The summed E-state index contributed by atoms with van der Waals surface area (Å²) in [5, 5.41) is 4.94. The van der Waals surface area contributed by atoms with E-state index in [1.54, 1.807) is 43.5 Å². The van der Waals surface area contributed by atoms with Crippen molar-refractivity contribution in [3.05, 3.63) is 87.1 Å². The normalized spacial score (nSPS) is 11.1. The Kier molecular flexibility index (Phi) is 7.84. The summed E-state index contributed by atoms with van der Waals surface area (Å²) < 4.78 is 13.0. The molecule has 178 valence electrons. The van der Waals surface area contributed by atoms with Crippen molar-refractivity contribution in [2.45, 2.75) is 5.16 Å². The van der Waals surface area contributed by atoms with Crippen LogP contribution in [-0.4, -0.2) is 41.6 Å². The average Bonchev–Trinajstić information content (AvgIpc) is 2.88. The first kappa shape index (κ1) is 24.5. The number of carbonyl (C=O) groups is 1. The van der Waals surface area contributed by atoms with E-state index in [2.05, 4.69) is 31.4 Å². The largest absolute Gasteiger partial charge is 0.493 e. The SMILES string of the molecule is COc1cccc(/C=N\NC(=O)CSc2nc3ccccc3c(=O)n2-c2ccc(Br)cc2)c1OC. The lowest BCUT2D eigenvalue weighted by Crippen LogP contribution is -2.24. The van der Waals surface area contributed by atoms with Crippen LogP contribution in [0.4, 0.5) is 0 Å². The second-order valence-electron chi connectivity index (χ2n) is 7.19. The molecule has 35 heavy (non-hydrogen) atoms. The van der Waals surface area contributed by atoms with E-state index in [0.717, 1.165) is 16.2 Å². The lowest BCUT2D eigenvalue weighted by molar-refractivity contribution is -0.118. The van der Waals surface area contributed by atoms with E-state index >= 15 is 0 Å². The molecule has 0 aliphatic rings. The molecule has 0 unspecified atom stereocenters. The minimum atomic E-state index is -0.349. The molecule has 0 spiro atoms. The van der Waals surface area contributed by atoms with Gasteiger partial charge in [-0.2, -0.15) is 5.10 Å². The second kappa shape index (κ2) is 11.2. The first-order valence-electron chi connectivity index (χ1n) is 10.4. The number of benzene rings is 3. The number of nitrogens with one attached hydrogen (secondary N) is 1. The number of amides is 1. The van der Waals surface area contributed by atoms with Gasteiger partial charge in [0.25, 0.3) is 11.5 Å². The Morgan fingerprint density at radius 3 is 2.60 bits per heavy atom. The van der Waals surface area contributed by atoms with Crippen LogP contribution >= 0.6 is 27.7 Å². The monoisotopic (exact) mass is 552 g/mol. The maximum atomic E-state index is 13.3. The number of hydrazone groups is 1. The molecule has 8 nitrogen and oxygen atoms in total. The smallest absolute Gasteiger partial charge is 0.266 e. The second-order valence-corrected chi connectivity index (χ2v) is 9.05. The molecule has 0 atom stereocenters. The van der Waals surface area contributed by atoms with E-state index in [-0.39, 0.29) is 17.2 Å². The summed E-state index contributed by atoms with van der Waals surface area (Å²) in [6.45, 7) is 0. The van der Waals surface area contributed by atoms with E-state index in [4.69, 9.17) is 9.47 Å². The molecule has 4 rings (SSSR count). The van der Waals surface area contributed by atoms with Crippen molar-refractivity contribution in [3.8, 4) is 17.2 Å². The van der Waals surface area contributed by atoms with Crippen LogP contribution in [0.5, 0.6) is 11.5 Å². The van der Waals surface area contributed by atoms with Gasteiger partial charge in [-0.1, -0.05) is 45.9 Å². The predicted octanol–water partition coefficient (Wildman–Crippen LogP) is 4.41. The van der Waals surface area contributed by atoms with Crippen LogP contribution in [0.1, 0.15) is 5.56 Å². The lowest BCUT2D eigenvalue weighted by Gasteiger charge is -2.13. The Hall–Kier alpha value is -3.63. The van der Waals surface area contributed by atoms with Crippen molar-refractivity contribution in [1.29, 1.82) is 0 Å². The van der Waals surface area contributed by atoms with Crippen LogP contribution < -0.4 is 20.5 Å². The number of hydrogen-bond acceptors (Lipinski definition) is 7. The van der Waals surface area contributed by atoms with Crippen LogP contribution in [-0.2, 0) is 4.79 Å². The summed E-state index contributed by atoms with van der Waals surface area (Å²) in [5.74, 6) is 0.735. The Labute approximate surface area is 214 Å². The number of carbonyl (C=O) groups excluding carboxylic acids is 1. The van der Waals surface area contributed by atoms with Gasteiger partial charge in [0.05, 0.1) is 42.8 Å². The Balaban J connectivity index is 1.55. The van der Waals surface area contributed by atoms with Crippen molar-refractivity contribution < 1.29 is 14.3 Å². The average molecular weight is 553 g/mol. The maximum absolute atomic E-state index is 13.3. The van der Waals surface area contributed by atoms with Crippen LogP contribution in [0.2, 0.25) is 0 Å². The molecule has 0 saturated carbocycles. The number of aromatic nitrogens is 2. The molecule has 1 amide bonds. The quantitative estimate of drug-likeness (QED) is 0.150.